The first-order chi connectivity index (χ1) is 6.50. The predicted octanol–water partition coefficient (Wildman–Crippen LogP) is -2.43. The highest BCUT2D eigenvalue weighted by Gasteiger charge is 2.23. The van der Waals surface area contributed by atoms with Gasteiger partial charge in [0.25, 0.3) is 0 Å². The van der Waals surface area contributed by atoms with Gasteiger partial charge in [-0.05, 0) is 0 Å². The Kier molecular flexibility index (Phi) is 3.43. The van der Waals surface area contributed by atoms with E-state index in [9.17, 15) is 9.59 Å². The lowest BCUT2D eigenvalue weighted by Gasteiger charge is -2.32. The average Bonchev–Trinajstić information content (AvgIpc) is 2.11. The highest BCUT2D eigenvalue weighted by Crippen LogP contribution is 2.00. The van der Waals surface area contributed by atoms with Crippen molar-refractivity contribution in [1.82, 2.24) is 9.80 Å². The van der Waals surface area contributed by atoms with Gasteiger partial charge in [0, 0.05) is 26.7 Å². The molecule has 1 aliphatic heterocycles. The Morgan fingerprint density at radius 1 is 1.57 bits per heavy atom. The Bertz CT molecular complexity index is 243. The molecule has 1 fully saturated rings. The van der Waals surface area contributed by atoms with Crippen LogP contribution in [0.5, 0.6) is 0 Å². The Morgan fingerprint density at radius 2 is 2.21 bits per heavy atom. The maximum atomic E-state index is 11.3. The van der Waals surface area contributed by atoms with Crippen molar-refractivity contribution in [3.8, 4) is 0 Å². The van der Waals surface area contributed by atoms with Crippen LogP contribution in [0.2, 0.25) is 0 Å². The molecule has 0 aromatic heterocycles. The van der Waals surface area contributed by atoms with E-state index in [1.54, 1.807) is 11.9 Å². The molecule has 1 atom stereocenters. The van der Waals surface area contributed by atoms with Crippen molar-refractivity contribution in [3.05, 3.63) is 0 Å². The maximum Gasteiger partial charge on any atom is 0.236 e. The van der Waals surface area contributed by atoms with Gasteiger partial charge in [-0.3, -0.25) is 14.5 Å². The number of carbonyl (C=O) groups excluding carboxylic acids is 2. The molecule has 80 valence electrons. The normalized spacial score (nSPS) is 21.0. The van der Waals surface area contributed by atoms with Gasteiger partial charge >= 0.3 is 0 Å². The van der Waals surface area contributed by atoms with Crippen LogP contribution in [0.25, 0.3) is 0 Å². The number of primary amides is 1. The first-order valence-corrected chi connectivity index (χ1v) is 4.52. The molecule has 4 N–H and O–H groups in total. The zero-order valence-corrected chi connectivity index (χ0v) is 8.27. The largest absolute Gasteiger partial charge is 0.368 e. The standard InChI is InChI=1S/C8H16N4O2/c1-11-2-3-12(5-7(11)13)4-6(9)8(10)14/h6H,2-5,9H2,1H3,(H2,10,14). The summed E-state index contributed by atoms with van der Waals surface area (Å²) in [5, 5.41) is 0. The van der Waals surface area contributed by atoms with E-state index in [1.165, 1.54) is 0 Å². The van der Waals surface area contributed by atoms with Crippen molar-refractivity contribution in [2.45, 2.75) is 6.04 Å². The molecule has 6 heteroatoms. The second-order valence-corrected chi connectivity index (χ2v) is 3.56. The highest BCUT2D eigenvalue weighted by atomic mass is 16.2. The molecule has 1 heterocycles. The van der Waals surface area contributed by atoms with Crippen molar-refractivity contribution in [2.75, 3.05) is 33.2 Å². The average molecular weight is 200 g/mol. The molecule has 0 spiro atoms. The van der Waals surface area contributed by atoms with E-state index in [1.807, 2.05) is 4.90 Å². The van der Waals surface area contributed by atoms with Gasteiger partial charge in [0.2, 0.25) is 11.8 Å². The van der Waals surface area contributed by atoms with Crippen LogP contribution >= 0.6 is 0 Å². The van der Waals surface area contributed by atoms with Crippen LogP contribution in [-0.2, 0) is 9.59 Å². The molecule has 0 bridgehead atoms. The number of nitrogens with two attached hydrogens (primary N) is 2. The summed E-state index contributed by atoms with van der Waals surface area (Å²) in [5.74, 6) is -0.482. The van der Waals surface area contributed by atoms with Crippen LogP contribution in [0.3, 0.4) is 0 Å². The van der Waals surface area contributed by atoms with E-state index in [0.29, 0.717) is 19.6 Å². The fourth-order valence-electron chi connectivity index (χ4n) is 1.33. The molecule has 0 aromatic carbocycles. The third kappa shape index (κ3) is 2.68. The van der Waals surface area contributed by atoms with Gasteiger partial charge in [0.1, 0.15) is 0 Å². The Labute approximate surface area is 82.8 Å². The molecule has 0 aliphatic carbocycles. The zero-order chi connectivity index (χ0) is 10.7. The molecule has 0 saturated carbocycles. The lowest BCUT2D eigenvalue weighted by Crippen LogP contribution is -2.54. The molecule has 0 aromatic rings. The SMILES string of the molecule is CN1CCN(CC(N)C(N)=O)CC1=O. The topological polar surface area (TPSA) is 92.7 Å². The number of likely N-dealkylation sites (N-methyl/N-ethyl adjacent to an activating group) is 1. The van der Waals surface area contributed by atoms with Gasteiger partial charge in [-0.15, -0.1) is 0 Å². The van der Waals surface area contributed by atoms with Crippen molar-refractivity contribution in [3.63, 3.8) is 0 Å². The molecule has 2 amide bonds. The quantitative estimate of drug-likeness (QED) is 0.530. The van der Waals surface area contributed by atoms with Gasteiger partial charge in [-0.1, -0.05) is 0 Å². The lowest BCUT2D eigenvalue weighted by molar-refractivity contribution is -0.135. The molecule has 1 rings (SSSR count). The smallest absolute Gasteiger partial charge is 0.236 e. The van der Waals surface area contributed by atoms with Crippen molar-refractivity contribution < 1.29 is 9.59 Å². The first-order valence-electron chi connectivity index (χ1n) is 4.52. The molecular weight excluding hydrogens is 184 g/mol. The van der Waals surface area contributed by atoms with Gasteiger partial charge < -0.3 is 16.4 Å². The Hall–Kier alpha value is -1.14. The highest BCUT2D eigenvalue weighted by molar-refractivity contribution is 5.80. The Balaban J connectivity index is 2.40. The van der Waals surface area contributed by atoms with Crippen LogP contribution in [0.15, 0.2) is 0 Å². The molecule has 1 aliphatic rings. The van der Waals surface area contributed by atoms with Crippen LogP contribution < -0.4 is 11.5 Å². The summed E-state index contributed by atoms with van der Waals surface area (Å²) >= 11 is 0. The minimum Gasteiger partial charge on any atom is -0.368 e. The van der Waals surface area contributed by atoms with Gasteiger partial charge in [-0.2, -0.15) is 0 Å². The van der Waals surface area contributed by atoms with Gasteiger partial charge in [0.05, 0.1) is 12.6 Å². The summed E-state index contributed by atoms with van der Waals surface area (Å²) in [6.45, 7) is 2.08. The van der Waals surface area contributed by atoms with Crippen molar-refractivity contribution in [1.29, 1.82) is 0 Å². The van der Waals surface area contributed by atoms with E-state index in [0.717, 1.165) is 6.54 Å². The van der Waals surface area contributed by atoms with Crippen molar-refractivity contribution >= 4 is 11.8 Å². The number of rotatable bonds is 3. The van der Waals surface area contributed by atoms with E-state index in [4.69, 9.17) is 11.5 Å². The number of hydrogen-bond acceptors (Lipinski definition) is 4. The summed E-state index contributed by atoms with van der Waals surface area (Å²) in [6.07, 6.45) is 0. The van der Waals surface area contributed by atoms with Crippen LogP contribution in [0, 0.1) is 0 Å². The summed E-state index contributed by atoms with van der Waals surface area (Å²) in [4.78, 5) is 25.5. The summed E-state index contributed by atoms with van der Waals surface area (Å²) in [5.41, 5.74) is 10.5. The number of amides is 2. The molecular formula is C8H16N4O2. The second-order valence-electron chi connectivity index (χ2n) is 3.56. The summed E-state index contributed by atoms with van der Waals surface area (Å²) < 4.78 is 0. The van der Waals surface area contributed by atoms with Gasteiger partial charge in [0.15, 0.2) is 0 Å². The molecule has 14 heavy (non-hydrogen) atoms. The number of hydrogen-bond donors (Lipinski definition) is 2. The molecule has 0 radical (unpaired) electrons. The molecule has 6 nitrogen and oxygen atoms in total. The van der Waals surface area contributed by atoms with E-state index < -0.39 is 11.9 Å². The first kappa shape index (κ1) is 10.9. The van der Waals surface area contributed by atoms with Crippen LogP contribution in [0.4, 0.5) is 0 Å². The lowest BCUT2D eigenvalue weighted by atomic mass is 10.2. The maximum absolute atomic E-state index is 11.3. The monoisotopic (exact) mass is 200 g/mol. The number of piperazine rings is 1. The van der Waals surface area contributed by atoms with E-state index in [2.05, 4.69) is 0 Å². The minimum atomic E-state index is -0.689. The number of nitrogens with zero attached hydrogens (tertiary/aromatic N) is 2. The summed E-state index contributed by atoms with van der Waals surface area (Å²) in [7, 11) is 1.76. The van der Waals surface area contributed by atoms with E-state index in [-0.39, 0.29) is 5.91 Å². The molecule has 1 unspecified atom stereocenters. The third-order valence-electron chi connectivity index (χ3n) is 2.36. The van der Waals surface area contributed by atoms with Crippen LogP contribution in [0.1, 0.15) is 0 Å². The van der Waals surface area contributed by atoms with Crippen molar-refractivity contribution in [2.24, 2.45) is 11.5 Å². The summed E-state index contributed by atoms with van der Waals surface area (Å²) in [6, 6.07) is -0.689. The fourth-order valence-corrected chi connectivity index (χ4v) is 1.33. The zero-order valence-electron chi connectivity index (χ0n) is 8.27. The third-order valence-corrected chi connectivity index (χ3v) is 2.36. The fraction of sp³-hybridized carbons (Fsp3) is 0.750. The predicted molar refractivity (Wildman–Crippen MR) is 51.2 cm³/mol. The van der Waals surface area contributed by atoms with Crippen LogP contribution in [-0.4, -0.2) is 60.9 Å². The Morgan fingerprint density at radius 3 is 2.71 bits per heavy atom. The minimum absolute atomic E-state index is 0.0490. The van der Waals surface area contributed by atoms with E-state index >= 15 is 0 Å². The molecule has 1 saturated heterocycles. The second kappa shape index (κ2) is 4.39. The van der Waals surface area contributed by atoms with Gasteiger partial charge in [-0.25, -0.2) is 0 Å². The number of carbonyl (C=O) groups is 2.